The predicted octanol–water partition coefficient (Wildman–Crippen LogP) is 4.58. The highest BCUT2D eigenvalue weighted by atomic mass is 35.5. The van der Waals surface area contributed by atoms with Crippen LogP contribution in [0.1, 0.15) is 34.5 Å². The van der Waals surface area contributed by atoms with Crippen LogP contribution in [0.25, 0.3) is 5.69 Å². The van der Waals surface area contributed by atoms with Crippen molar-refractivity contribution in [1.29, 1.82) is 5.26 Å². The van der Waals surface area contributed by atoms with Crippen LogP contribution in [0.15, 0.2) is 60.8 Å². The summed E-state index contributed by atoms with van der Waals surface area (Å²) in [6.07, 6.45) is 3.78. The molecule has 3 heterocycles. The molecule has 1 aromatic heterocycles. The molecule has 0 atom stereocenters. The number of benzene rings is 2. The number of fused-ring (bicyclic) bond motifs is 4. The van der Waals surface area contributed by atoms with Gasteiger partial charge in [-0.1, -0.05) is 11.6 Å². The van der Waals surface area contributed by atoms with E-state index in [-0.39, 0.29) is 11.4 Å². The fourth-order valence-electron chi connectivity index (χ4n) is 4.89. The number of anilines is 1. The third kappa shape index (κ3) is 2.72. The van der Waals surface area contributed by atoms with Crippen LogP contribution in [0.3, 0.4) is 0 Å². The van der Waals surface area contributed by atoms with Gasteiger partial charge in [-0.2, -0.15) is 5.26 Å². The lowest BCUT2D eigenvalue weighted by Gasteiger charge is -2.51. The van der Waals surface area contributed by atoms with E-state index in [4.69, 9.17) is 16.9 Å². The molecule has 5 nitrogen and oxygen atoms in total. The maximum atomic E-state index is 13.0. The number of nitrogens with zero attached hydrogens (tertiary/aromatic N) is 4. The fraction of sp³-hybridized carbons (Fsp3) is 0.250. The van der Waals surface area contributed by atoms with Crippen molar-refractivity contribution < 1.29 is 4.79 Å². The molecule has 0 saturated carbocycles. The highest BCUT2D eigenvalue weighted by Crippen LogP contribution is 2.47. The second kappa shape index (κ2) is 6.93. The number of hydrogen-bond acceptors (Lipinski definition) is 3. The van der Waals surface area contributed by atoms with Crippen molar-refractivity contribution in [3.8, 4) is 11.8 Å². The Balaban J connectivity index is 1.43. The summed E-state index contributed by atoms with van der Waals surface area (Å²) in [6, 6.07) is 19.2. The van der Waals surface area contributed by atoms with Crippen LogP contribution in [-0.2, 0) is 5.54 Å². The highest BCUT2D eigenvalue weighted by molar-refractivity contribution is 6.30. The number of likely N-dealkylation sites (tertiary alicyclic amines) is 1. The van der Waals surface area contributed by atoms with E-state index < -0.39 is 0 Å². The van der Waals surface area contributed by atoms with Gasteiger partial charge in [-0.3, -0.25) is 4.79 Å². The lowest BCUT2D eigenvalue weighted by atomic mass is 9.80. The van der Waals surface area contributed by atoms with Gasteiger partial charge < -0.3 is 14.4 Å². The molecule has 5 rings (SSSR count). The van der Waals surface area contributed by atoms with E-state index in [2.05, 4.69) is 47.0 Å². The van der Waals surface area contributed by atoms with Crippen molar-refractivity contribution >= 4 is 23.2 Å². The molecule has 0 N–H and O–H groups in total. The number of carbonyl (C=O) groups excluding carboxylic acids is 1. The van der Waals surface area contributed by atoms with Crippen LogP contribution in [0.4, 0.5) is 5.69 Å². The lowest BCUT2D eigenvalue weighted by molar-refractivity contribution is 0.0659. The van der Waals surface area contributed by atoms with Crippen LogP contribution in [-0.4, -0.2) is 35.5 Å². The van der Waals surface area contributed by atoms with E-state index in [1.54, 1.807) is 24.3 Å². The quantitative estimate of drug-likeness (QED) is 0.583. The van der Waals surface area contributed by atoms with Gasteiger partial charge >= 0.3 is 0 Å². The number of carbonyl (C=O) groups is 1. The molecule has 0 radical (unpaired) electrons. The molecular weight excluding hydrogens is 396 g/mol. The molecule has 0 unspecified atom stereocenters. The highest BCUT2D eigenvalue weighted by Gasteiger charge is 2.46. The normalized spacial score (nSPS) is 16.7. The number of halogens is 1. The maximum absolute atomic E-state index is 13.0. The Morgan fingerprint density at radius 2 is 1.80 bits per heavy atom. The van der Waals surface area contributed by atoms with Crippen molar-refractivity contribution in [1.82, 2.24) is 9.47 Å². The Labute approximate surface area is 180 Å². The molecular formula is C24H21ClN4O. The van der Waals surface area contributed by atoms with E-state index in [9.17, 15) is 4.79 Å². The SMILES string of the molecule is CN1c2ccc(Cl)cc2-n2cccc2C12CCN(C(=O)c1ccc(C#N)cc1)CC2. The van der Waals surface area contributed by atoms with Gasteiger partial charge in [0.15, 0.2) is 0 Å². The van der Waals surface area contributed by atoms with Gasteiger partial charge in [0.25, 0.3) is 5.91 Å². The molecule has 0 bridgehead atoms. The first-order chi connectivity index (χ1) is 14.5. The fourth-order valence-corrected chi connectivity index (χ4v) is 5.05. The number of aromatic nitrogens is 1. The summed E-state index contributed by atoms with van der Waals surface area (Å²) >= 11 is 6.27. The van der Waals surface area contributed by atoms with Crippen molar-refractivity contribution in [2.75, 3.05) is 25.0 Å². The molecule has 0 aliphatic carbocycles. The van der Waals surface area contributed by atoms with E-state index in [1.165, 1.54) is 5.69 Å². The van der Waals surface area contributed by atoms with Crippen molar-refractivity contribution in [2.45, 2.75) is 18.4 Å². The van der Waals surface area contributed by atoms with E-state index in [0.717, 1.165) is 29.2 Å². The first-order valence-corrected chi connectivity index (χ1v) is 10.4. The summed E-state index contributed by atoms with van der Waals surface area (Å²) < 4.78 is 2.24. The van der Waals surface area contributed by atoms with Gasteiger partial charge in [0.2, 0.25) is 0 Å². The Bertz CT molecular complexity index is 1170. The number of piperidine rings is 1. The average molecular weight is 417 g/mol. The largest absolute Gasteiger partial charge is 0.362 e. The van der Waals surface area contributed by atoms with E-state index in [0.29, 0.717) is 24.2 Å². The zero-order valence-corrected chi connectivity index (χ0v) is 17.4. The van der Waals surface area contributed by atoms with Gasteiger partial charge in [0, 0.05) is 42.6 Å². The molecule has 3 aromatic rings. The van der Waals surface area contributed by atoms with Crippen LogP contribution in [0.2, 0.25) is 5.02 Å². The summed E-state index contributed by atoms with van der Waals surface area (Å²) in [7, 11) is 2.14. The standard InChI is InChI=1S/C24H21ClN4O/c1-27-20-9-8-19(25)15-21(20)29-12-2-3-22(29)24(27)10-13-28(14-11-24)23(30)18-6-4-17(16-26)5-7-18/h2-9,12,15H,10-11,13-14H2,1H3. The number of nitriles is 1. The molecule has 6 heteroatoms. The van der Waals surface area contributed by atoms with E-state index in [1.807, 2.05) is 17.0 Å². The summed E-state index contributed by atoms with van der Waals surface area (Å²) in [6.45, 7) is 1.36. The topological polar surface area (TPSA) is 52.3 Å². The van der Waals surface area contributed by atoms with Gasteiger partial charge in [0.1, 0.15) is 0 Å². The number of hydrogen-bond donors (Lipinski definition) is 0. The lowest BCUT2D eigenvalue weighted by Crippen LogP contribution is -2.55. The molecule has 2 aromatic carbocycles. The molecule has 1 saturated heterocycles. The molecule has 2 aliphatic heterocycles. The third-order valence-electron chi connectivity index (χ3n) is 6.56. The Morgan fingerprint density at radius 3 is 2.50 bits per heavy atom. The molecule has 2 aliphatic rings. The van der Waals surface area contributed by atoms with Crippen molar-refractivity contribution in [3.63, 3.8) is 0 Å². The Kier molecular flexibility index (Phi) is 4.34. The minimum Gasteiger partial charge on any atom is -0.362 e. The molecule has 30 heavy (non-hydrogen) atoms. The molecule has 1 fully saturated rings. The Hall–Kier alpha value is -3.23. The van der Waals surface area contributed by atoms with Gasteiger partial charge in [-0.25, -0.2) is 0 Å². The molecule has 1 spiro atoms. The van der Waals surface area contributed by atoms with Crippen LogP contribution in [0, 0.1) is 11.3 Å². The summed E-state index contributed by atoms with van der Waals surface area (Å²) in [5, 5.41) is 9.69. The van der Waals surface area contributed by atoms with E-state index >= 15 is 0 Å². The maximum Gasteiger partial charge on any atom is 0.253 e. The van der Waals surface area contributed by atoms with Gasteiger partial charge in [-0.05, 0) is 67.4 Å². The summed E-state index contributed by atoms with van der Waals surface area (Å²) in [4.78, 5) is 17.3. The zero-order chi connectivity index (χ0) is 20.9. The Morgan fingerprint density at radius 1 is 1.07 bits per heavy atom. The second-order valence-corrected chi connectivity index (χ2v) is 8.40. The third-order valence-corrected chi connectivity index (χ3v) is 6.80. The monoisotopic (exact) mass is 416 g/mol. The minimum atomic E-state index is -0.161. The van der Waals surface area contributed by atoms with Crippen LogP contribution < -0.4 is 4.90 Å². The molecule has 150 valence electrons. The van der Waals surface area contributed by atoms with Crippen molar-refractivity contribution in [2.24, 2.45) is 0 Å². The summed E-state index contributed by atoms with van der Waals surface area (Å²) in [5.41, 5.74) is 4.51. The zero-order valence-electron chi connectivity index (χ0n) is 16.7. The van der Waals surface area contributed by atoms with Crippen LogP contribution in [0.5, 0.6) is 0 Å². The first kappa shape index (κ1) is 18.8. The number of rotatable bonds is 1. The first-order valence-electron chi connectivity index (χ1n) is 10.0. The van der Waals surface area contributed by atoms with Crippen molar-refractivity contribution in [3.05, 3.63) is 82.6 Å². The predicted molar refractivity (Wildman–Crippen MR) is 117 cm³/mol. The van der Waals surface area contributed by atoms with Crippen LogP contribution >= 0.6 is 11.6 Å². The minimum absolute atomic E-state index is 0.0235. The van der Waals surface area contributed by atoms with Gasteiger partial charge in [0.05, 0.1) is 28.5 Å². The number of amides is 1. The molecule has 1 amide bonds. The smallest absolute Gasteiger partial charge is 0.253 e. The summed E-state index contributed by atoms with van der Waals surface area (Å²) in [5.74, 6) is 0.0235. The van der Waals surface area contributed by atoms with Gasteiger partial charge in [-0.15, -0.1) is 0 Å². The second-order valence-electron chi connectivity index (χ2n) is 7.97. The average Bonchev–Trinajstić information content (AvgIpc) is 3.28.